The van der Waals surface area contributed by atoms with Gasteiger partial charge in [-0.2, -0.15) is 0 Å². The second kappa shape index (κ2) is 8.54. The molecule has 0 bridgehead atoms. The van der Waals surface area contributed by atoms with Crippen molar-refractivity contribution in [1.82, 2.24) is 9.88 Å². The molecule has 0 unspecified atom stereocenters. The molecule has 0 saturated carbocycles. The number of carbonyl (C=O) groups is 1. The first-order chi connectivity index (χ1) is 14.5. The molecular weight excluding hydrogens is 382 g/mol. The molecular formula is C22H25N5O3. The van der Waals surface area contributed by atoms with Gasteiger partial charge in [-0.25, -0.2) is 0 Å². The molecule has 0 aliphatic carbocycles. The van der Waals surface area contributed by atoms with Crippen molar-refractivity contribution in [2.45, 2.75) is 25.3 Å². The van der Waals surface area contributed by atoms with Crippen LogP contribution in [0.5, 0.6) is 0 Å². The van der Waals surface area contributed by atoms with E-state index in [-0.39, 0.29) is 11.6 Å². The van der Waals surface area contributed by atoms with Gasteiger partial charge in [-0.15, -0.1) is 0 Å². The summed E-state index contributed by atoms with van der Waals surface area (Å²) in [5.74, 6) is -0.120. The van der Waals surface area contributed by atoms with Crippen LogP contribution >= 0.6 is 0 Å². The van der Waals surface area contributed by atoms with Crippen LogP contribution in [0.1, 0.15) is 28.9 Å². The number of non-ortho nitro benzene ring substituents is 1. The minimum Gasteiger partial charge on any atom is -0.382 e. The monoisotopic (exact) mass is 407 g/mol. The van der Waals surface area contributed by atoms with Crippen molar-refractivity contribution in [3.63, 3.8) is 0 Å². The maximum Gasteiger partial charge on any atom is 0.293 e. The van der Waals surface area contributed by atoms with Gasteiger partial charge in [0.15, 0.2) is 0 Å². The number of aromatic amines is 1. The van der Waals surface area contributed by atoms with Crippen LogP contribution in [0.15, 0.2) is 48.5 Å². The molecule has 1 fully saturated rings. The molecule has 1 aliphatic heterocycles. The molecule has 3 aromatic rings. The number of fused-ring (bicyclic) bond motifs is 1. The fraction of sp³-hybridized carbons (Fsp3) is 0.318. The summed E-state index contributed by atoms with van der Waals surface area (Å²) < 4.78 is 0. The van der Waals surface area contributed by atoms with Crippen molar-refractivity contribution in [3.05, 3.63) is 69.9 Å². The lowest BCUT2D eigenvalue weighted by molar-refractivity contribution is -0.383. The van der Waals surface area contributed by atoms with Gasteiger partial charge in [0.05, 0.1) is 4.92 Å². The number of nitro groups is 1. The summed E-state index contributed by atoms with van der Waals surface area (Å²) in [6.45, 7) is 1.92. The molecule has 2 heterocycles. The number of nitro benzene ring substituents is 1. The van der Waals surface area contributed by atoms with Crippen LogP contribution in [0.3, 0.4) is 0 Å². The van der Waals surface area contributed by atoms with E-state index in [0.717, 1.165) is 24.9 Å². The highest BCUT2D eigenvalue weighted by Gasteiger charge is 2.25. The first-order valence-electron chi connectivity index (χ1n) is 10.2. The van der Waals surface area contributed by atoms with Crippen molar-refractivity contribution in [3.8, 4) is 0 Å². The molecule has 4 N–H and O–H groups in total. The van der Waals surface area contributed by atoms with Crippen LogP contribution < -0.4 is 11.1 Å². The largest absolute Gasteiger partial charge is 0.382 e. The Hall–Kier alpha value is -3.39. The Morgan fingerprint density at radius 1 is 1.20 bits per heavy atom. The maximum atomic E-state index is 12.9. The summed E-state index contributed by atoms with van der Waals surface area (Å²) >= 11 is 0. The molecule has 0 radical (unpaired) electrons. The third-order valence-electron chi connectivity index (χ3n) is 5.60. The van der Waals surface area contributed by atoms with Crippen LogP contribution in [-0.2, 0) is 6.42 Å². The Morgan fingerprint density at radius 3 is 2.60 bits per heavy atom. The van der Waals surface area contributed by atoms with E-state index in [1.807, 2.05) is 0 Å². The van der Waals surface area contributed by atoms with E-state index < -0.39 is 4.92 Å². The van der Waals surface area contributed by atoms with Crippen LogP contribution in [0.25, 0.3) is 10.9 Å². The Labute approximate surface area is 174 Å². The minimum atomic E-state index is -0.438. The highest BCUT2D eigenvalue weighted by Crippen LogP contribution is 2.26. The zero-order valence-electron chi connectivity index (χ0n) is 16.6. The third kappa shape index (κ3) is 4.13. The maximum absolute atomic E-state index is 12.9. The predicted molar refractivity (Wildman–Crippen MR) is 117 cm³/mol. The van der Waals surface area contributed by atoms with Gasteiger partial charge in [0, 0.05) is 36.3 Å². The number of rotatable bonds is 6. The molecule has 1 amide bonds. The Balaban J connectivity index is 1.38. The lowest BCUT2D eigenvalue weighted by atomic mass is 10.0. The molecule has 0 spiro atoms. The molecule has 156 valence electrons. The fourth-order valence-corrected chi connectivity index (χ4v) is 3.97. The van der Waals surface area contributed by atoms with Gasteiger partial charge in [0.25, 0.3) is 11.6 Å². The number of nitrogens with two attached hydrogens (primary N) is 1. The zero-order valence-corrected chi connectivity index (χ0v) is 16.6. The molecule has 8 heteroatoms. The fourth-order valence-electron chi connectivity index (χ4n) is 3.97. The molecule has 1 aromatic heterocycles. The first-order valence-corrected chi connectivity index (χ1v) is 10.2. The van der Waals surface area contributed by atoms with Gasteiger partial charge in [0.1, 0.15) is 11.2 Å². The number of nitrogens with zero attached hydrogens (tertiary/aromatic N) is 2. The Morgan fingerprint density at radius 2 is 1.93 bits per heavy atom. The number of para-hydroxylation sites is 1. The Kier molecular flexibility index (Phi) is 5.67. The van der Waals surface area contributed by atoms with Crippen molar-refractivity contribution >= 4 is 28.2 Å². The van der Waals surface area contributed by atoms with Crippen LogP contribution in [-0.4, -0.2) is 46.4 Å². The normalized spacial score (nSPS) is 14.8. The van der Waals surface area contributed by atoms with Gasteiger partial charge in [-0.3, -0.25) is 14.9 Å². The van der Waals surface area contributed by atoms with Crippen molar-refractivity contribution < 1.29 is 9.72 Å². The number of benzene rings is 2. The van der Waals surface area contributed by atoms with Gasteiger partial charge in [0.2, 0.25) is 0 Å². The van der Waals surface area contributed by atoms with Crippen molar-refractivity contribution in [2.75, 3.05) is 25.0 Å². The van der Waals surface area contributed by atoms with Crippen molar-refractivity contribution in [2.24, 2.45) is 5.73 Å². The number of carbonyl (C=O) groups excluding carboxylic acids is 1. The number of amides is 1. The van der Waals surface area contributed by atoms with Crippen LogP contribution in [0, 0.1) is 10.1 Å². The molecule has 30 heavy (non-hydrogen) atoms. The summed E-state index contributed by atoms with van der Waals surface area (Å²) in [7, 11) is 0. The Bertz CT molecular complexity index is 1050. The number of hydrogen-bond acceptors (Lipinski definition) is 5. The second-order valence-electron chi connectivity index (χ2n) is 7.63. The van der Waals surface area contributed by atoms with E-state index in [1.165, 1.54) is 11.6 Å². The average Bonchev–Trinajstić information content (AvgIpc) is 3.19. The van der Waals surface area contributed by atoms with Gasteiger partial charge < -0.3 is 20.9 Å². The third-order valence-corrected chi connectivity index (χ3v) is 5.60. The second-order valence-corrected chi connectivity index (χ2v) is 7.63. The van der Waals surface area contributed by atoms with Crippen LogP contribution in [0.4, 0.5) is 11.4 Å². The summed E-state index contributed by atoms with van der Waals surface area (Å²) in [6, 6.07) is 15.1. The van der Waals surface area contributed by atoms with E-state index in [4.69, 9.17) is 5.73 Å². The highest BCUT2D eigenvalue weighted by molar-refractivity contribution is 6.00. The molecule has 4 rings (SSSR count). The van der Waals surface area contributed by atoms with Gasteiger partial charge >= 0.3 is 0 Å². The zero-order chi connectivity index (χ0) is 21.1. The lowest BCUT2D eigenvalue weighted by Crippen LogP contribution is -2.42. The smallest absolute Gasteiger partial charge is 0.293 e. The number of hydrogen-bond donors (Lipinski definition) is 3. The predicted octanol–water partition coefficient (Wildman–Crippen LogP) is 3.29. The van der Waals surface area contributed by atoms with E-state index >= 15 is 0 Å². The minimum absolute atomic E-state index is 0.0214. The number of nitrogens with one attached hydrogen (secondary N) is 2. The number of aromatic nitrogens is 1. The quantitative estimate of drug-likeness (QED) is 0.428. The first kappa shape index (κ1) is 19.9. The lowest BCUT2D eigenvalue weighted by Gasteiger charge is -2.32. The highest BCUT2D eigenvalue weighted by atomic mass is 16.6. The van der Waals surface area contributed by atoms with E-state index in [9.17, 15) is 14.9 Å². The number of likely N-dealkylation sites (tertiary alicyclic amines) is 1. The van der Waals surface area contributed by atoms with E-state index in [2.05, 4.69) is 34.6 Å². The van der Waals surface area contributed by atoms with E-state index in [0.29, 0.717) is 42.3 Å². The number of H-pyrrole nitrogens is 1. The standard InChI is InChI=1S/C22H25N5O3/c23-11-8-15-4-6-17(7-5-15)24-18-9-12-26(13-10-18)22(28)19-14-16-2-1-3-20(27(29)30)21(16)25-19/h1-7,14,18,24-25H,8-13,23H2. The molecule has 8 nitrogen and oxygen atoms in total. The number of piperidine rings is 1. The average molecular weight is 407 g/mol. The van der Waals surface area contributed by atoms with Crippen LogP contribution in [0.2, 0.25) is 0 Å². The van der Waals surface area contributed by atoms with Gasteiger partial charge in [-0.05, 0) is 49.6 Å². The van der Waals surface area contributed by atoms with Crippen molar-refractivity contribution in [1.29, 1.82) is 0 Å². The summed E-state index contributed by atoms with van der Waals surface area (Å²) in [6.07, 6.45) is 2.56. The summed E-state index contributed by atoms with van der Waals surface area (Å²) in [4.78, 5) is 28.4. The molecule has 0 atom stereocenters. The topological polar surface area (TPSA) is 117 Å². The van der Waals surface area contributed by atoms with E-state index in [1.54, 1.807) is 23.1 Å². The summed E-state index contributed by atoms with van der Waals surface area (Å²) in [5.41, 5.74) is 8.64. The molecule has 2 aromatic carbocycles. The number of anilines is 1. The SMILES string of the molecule is NCCc1ccc(NC2CCN(C(=O)c3cc4cccc([N+](=O)[O-])c4[nH]3)CC2)cc1. The molecule has 1 aliphatic rings. The molecule has 1 saturated heterocycles. The summed E-state index contributed by atoms with van der Waals surface area (Å²) in [5, 5.41) is 15.4. The van der Waals surface area contributed by atoms with Gasteiger partial charge in [-0.1, -0.05) is 24.3 Å².